The normalized spacial score (nSPS) is 10.5. The van der Waals surface area contributed by atoms with Gasteiger partial charge in [-0.2, -0.15) is 8.78 Å². The zero-order valence-corrected chi connectivity index (χ0v) is 13.1. The molecule has 0 unspecified atom stereocenters. The van der Waals surface area contributed by atoms with Gasteiger partial charge in [0.15, 0.2) is 11.5 Å². The SMILES string of the molecule is COc1cc(COc2ccc([N+](=O)[O-])cc2Cl)ccc1OC(F)F. The molecule has 2 rings (SSSR count). The lowest BCUT2D eigenvalue weighted by atomic mass is 10.2. The summed E-state index contributed by atoms with van der Waals surface area (Å²) < 4.78 is 39.3. The maximum Gasteiger partial charge on any atom is 0.387 e. The molecule has 0 bridgehead atoms. The number of nitrogens with zero attached hydrogens (tertiary/aromatic N) is 1. The maximum absolute atomic E-state index is 12.3. The van der Waals surface area contributed by atoms with Crippen LogP contribution in [-0.2, 0) is 6.61 Å². The number of benzene rings is 2. The Morgan fingerprint density at radius 1 is 1.17 bits per heavy atom. The van der Waals surface area contributed by atoms with E-state index in [4.69, 9.17) is 21.1 Å². The molecule has 2 aromatic rings. The van der Waals surface area contributed by atoms with Crippen molar-refractivity contribution in [1.29, 1.82) is 0 Å². The molecule has 0 N–H and O–H groups in total. The predicted octanol–water partition coefficient (Wildman–Crippen LogP) is 4.44. The molecular weight excluding hydrogens is 348 g/mol. The molecule has 0 aromatic heterocycles. The molecule has 0 fully saturated rings. The minimum atomic E-state index is -2.96. The first-order valence-corrected chi connectivity index (χ1v) is 6.97. The van der Waals surface area contributed by atoms with Gasteiger partial charge in [0.25, 0.3) is 5.69 Å². The molecule has 0 heterocycles. The number of nitro benzene ring substituents is 1. The third-order valence-electron chi connectivity index (χ3n) is 2.96. The lowest BCUT2D eigenvalue weighted by molar-refractivity contribution is -0.384. The molecule has 6 nitrogen and oxygen atoms in total. The third kappa shape index (κ3) is 4.45. The lowest BCUT2D eigenvalue weighted by Gasteiger charge is -2.12. The average molecular weight is 360 g/mol. The summed E-state index contributed by atoms with van der Waals surface area (Å²) in [5, 5.41) is 10.7. The van der Waals surface area contributed by atoms with Gasteiger partial charge in [-0.3, -0.25) is 10.1 Å². The lowest BCUT2D eigenvalue weighted by Crippen LogP contribution is -2.04. The number of alkyl halides is 2. The van der Waals surface area contributed by atoms with E-state index in [0.717, 1.165) is 0 Å². The van der Waals surface area contributed by atoms with Crippen LogP contribution in [0.15, 0.2) is 36.4 Å². The van der Waals surface area contributed by atoms with E-state index in [9.17, 15) is 18.9 Å². The number of nitro groups is 1. The van der Waals surface area contributed by atoms with Crippen LogP contribution in [0.25, 0.3) is 0 Å². The van der Waals surface area contributed by atoms with Crippen molar-refractivity contribution in [2.45, 2.75) is 13.2 Å². The summed E-state index contributed by atoms with van der Waals surface area (Å²) in [7, 11) is 1.32. The van der Waals surface area contributed by atoms with Gasteiger partial charge in [-0.25, -0.2) is 0 Å². The second kappa shape index (κ2) is 7.78. The zero-order valence-electron chi connectivity index (χ0n) is 12.4. The smallest absolute Gasteiger partial charge is 0.387 e. The summed E-state index contributed by atoms with van der Waals surface area (Å²) in [6.45, 7) is -2.90. The van der Waals surface area contributed by atoms with Gasteiger partial charge in [0.2, 0.25) is 0 Å². The van der Waals surface area contributed by atoms with Crippen LogP contribution in [0.4, 0.5) is 14.5 Å². The van der Waals surface area contributed by atoms with Crippen LogP contribution >= 0.6 is 11.6 Å². The first-order valence-electron chi connectivity index (χ1n) is 6.59. The summed E-state index contributed by atoms with van der Waals surface area (Å²) in [6, 6.07) is 8.17. The van der Waals surface area contributed by atoms with Gasteiger partial charge in [0.05, 0.1) is 17.1 Å². The Balaban J connectivity index is 2.10. The van der Waals surface area contributed by atoms with E-state index in [2.05, 4.69) is 4.74 Å². The predicted molar refractivity (Wildman–Crippen MR) is 82.1 cm³/mol. The van der Waals surface area contributed by atoms with Crippen molar-refractivity contribution < 1.29 is 27.9 Å². The number of rotatable bonds is 7. The number of methoxy groups -OCH3 is 1. The van der Waals surface area contributed by atoms with Gasteiger partial charge in [-0.05, 0) is 23.8 Å². The monoisotopic (exact) mass is 359 g/mol. The molecule has 0 saturated carbocycles. The average Bonchev–Trinajstić information content (AvgIpc) is 2.54. The second-order valence-electron chi connectivity index (χ2n) is 4.52. The van der Waals surface area contributed by atoms with Crippen LogP contribution < -0.4 is 14.2 Å². The van der Waals surface area contributed by atoms with Crippen LogP contribution in [0.2, 0.25) is 5.02 Å². The van der Waals surface area contributed by atoms with Crippen molar-refractivity contribution >= 4 is 17.3 Å². The topological polar surface area (TPSA) is 70.8 Å². The fourth-order valence-electron chi connectivity index (χ4n) is 1.88. The van der Waals surface area contributed by atoms with Crippen molar-refractivity contribution in [3.8, 4) is 17.2 Å². The Hall–Kier alpha value is -2.61. The van der Waals surface area contributed by atoms with Gasteiger partial charge >= 0.3 is 6.61 Å². The largest absolute Gasteiger partial charge is 0.493 e. The van der Waals surface area contributed by atoms with Crippen molar-refractivity contribution in [3.63, 3.8) is 0 Å². The molecule has 128 valence electrons. The standard InChI is InChI=1S/C15H12ClF2NO5/c1-22-14-6-9(2-4-13(14)24-15(17)18)8-23-12-5-3-10(19(20)21)7-11(12)16/h2-7,15H,8H2,1H3. The highest BCUT2D eigenvalue weighted by Crippen LogP contribution is 2.32. The van der Waals surface area contributed by atoms with E-state index in [1.54, 1.807) is 0 Å². The first kappa shape index (κ1) is 17.7. The van der Waals surface area contributed by atoms with E-state index < -0.39 is 11.5 Å². The minimum Gasteiger partial charge on any atom is -0.493 e. The summed E-state index contributed by atoms with van der Waals surface area (Å²) in [5.41, 5.74) is 0.463. The van der Waals surface area contributed by atoms with Crippen LogP contribution in [0.3, 0.4) is 0 Å². The van der Waals surface area contributed by atoms with Crippen LogP contribution in [0, 0.1) is 10.1 Å². The zero-order chi connectivity index (χ0) is 17.7. The van der Waals surface area contributed by atoms with Crippen molar-refractivity contribution in [2.24, 2.45) is 0 Å². The molecule has 0 radical (unpaired) electrons. The fourth-order valence-corrected chi connectivity index (χ4v) is 2.11. The summed E-state index contributed by atoms with van der Waals surface area (Å²) in [5.74, 6) is 0.296. The molecule has 9 heteroatoms. The van der Waals surface area contributed by atoms with Gasteiger partial charge in [0, 0.05) is 12.1 Å². The molecule has 0 aliphatic rings. The second-order valence-corrected chi connectivity index (χ2v) is 4.93. The van der Waals surface area contributed by atoms with Gasteiger partial charge in [-0.15, -0.1) is 0 Å². The van der Waals surface area contributed by atoms with Crippen LogP contribution in [-0.4, -0.2) is 18.6 Å². The van der Waals surface area contributed by atoms with E-state index in [1.165, 1.54) is 43.5 Å². The molecule has 0 atom stereocenters. The number of non-ortho nitro benzene ring substituents is 1. The summed E-state index contributed by atoms with van der Waals surface area (Å²) in [4.78, 5) is 10.1. The molecular formula is C15H12ClF2NO5. The first-order chi connectivity index (χ1) is 11.4. The number of halogens is 3. The quantitative estimate of drug-likeness (QED) is 0.540. The van der Waals surface area contributed by atoms with Gasteiger partial charge < -0.3 is 14.2 Å². The highest BCUT2D eigenvalue weighted by atomic mass is 35.5. The maximum atomic E-state index is 12.3. The summed E-state index contributed by atoms with van der Waals surface area (Å²) in [6.07, 6.45) is 0. The van der Waals surface area contributed by atoms with E-state index in [1.807, 2.05) is 0 Å². The van der Waals surface area contributed by atoms with Gasteiger partial charge in [0.1, 0.15) is 12.4 Å². The van der Waals surface area contributed by atoms with Crippen molar-refractivity contribution in [3.05, 3.63) is 57.1 Å². The molecule has 0 saturated heterocycles. The Bertz CT molecular complexity index is 742. The summed E-state index contributed by atoms with van der Waals surface area (Å²) >= 11 is 5.92. The van der Waals surface area contributed by atoms with E-state index in [-0.39, 0.29) is 34.6 Å². The minimum absolute atomic E-state index is 0.0584. The van der Waals surface area contributed by atoms with Crippen molar-refractivity contribution in [2.75, 3.05) is 7.11 Å². The number of ether oxygens (including phenoxy) is 3. The van der Waals surface area contributed by atoms with Crippen LogP contribution in [0.1, 0.15) is 5.56 Å². The molecule has 0 amide bonds. The Labute approximate surface area is 140 Å². The molecule has 24 heavy (non-hydrogen) atoms. The highest BCUT2D eigenvalue weighted by Gasteiger charge is 2.13. The third-order valence-corrected chi connectivity index (χ3v) is 3.26. The van der Waals surface area contributed by atoms with E-state index in [0.29, 0.717) is 5.56 Å². The molecule has 0 spiro atoms. The fraction of sp³-hybridized carbons (Fsp3) is 0.200. The molecule has 2 aromatic carbocycles. The Kier molecular flexibility index (Phi) is 5.75. The number of hydrogen-bond donors (Lipinski definition) is 0. The van der Waals surface area contributed by atoms with Crippen molar-refractivity contribution in [1.82, 2.24) is 0 Å². The van der Waals surface area contributed by atoms with E-state index >= 15 is 0 Å². The van der Waals surface area contributed by atoms with Crippen LogP contribution in [0.5, 0.6) is 17.2 Å². The molecule has 0 aliphatic heterocycles. The molecule has 0 aliphatic carbocycles. The Morgan fingerprint density at radius 2 is 1.88 bits per heavy atom. The van der Waals surface area contributed by atoms with Gasteiger partial charge in [-0.1, -0.05) is 17.7 Å². The number of hydrogen-bond acceptors (Lipinski definition) is 5. The highest BCUT2D eigenvalue weighted by molar-refractivity contribution is 6.32. The Morgan fingerprint density at radius 3 is 2.46 bits per heavy atom.